The fourth-order valence-electron chi connectivity index (χ4n) is 1.62. The summed E-state index contributed by atoms with van der Waals surface area (Å²) in [7, 11) is 0. The maximum atomic E-state index is 13.5. The van der Waals surface area contributed by atoms with Crippen LogP contribution in [0.15, 0.2) is 12.1 Å². The second kappa shape index (κ2) is 6.33. The third-order valence-electron chi connectivity index (χ3n) is 2.61. The molecule has 0 fully saturated rings. The highest BCUT2D eigenvalue weighted by atomic mass is 19.1. The number of carbonyl (C=O) groups excluding carboxylic acids is 1. The van der Waals surface area contributed by atoms with Crippen LogP contribution in [0.25, 0.3) is 0 Å². The van der Waals surface area contributed by atoms with Crippen LogP contribution in [0.5, 0.6) is 0 Å². The van der Waals surface area contributed by atoms with E-state index in [9.17, 15) is 13.6 Å². The molecule has 1 aromatic carbocycles. The van der Waals surface area contributed by atoms with Crippen molar-refractivity contribution in [3.63, 3.8) is 0 Å². The SMILES string of the molecule is CCCC(C)COC(=O)c1c(F)ccc(N)c1F. The van der Waals surface area contributed by atoms with Gasteiger partial charge in [-0.05, 0) is 24.5 Å². The summed E-state index contributed by atoms with van der Waals surface area (Å²) in [6.07, 6.45) is 1.84. The number of nitrogen functional groups attached to an aromatic ring is 1. The van der Waals surface area contributed by atoms with Gasteiger partial charge in [-0.15, -0.1) is 0 Å². The van der Waals surface area contributed by atoms with E-state index in [2.05, 4.69) is 0 Å². The summed E-state index contributed by atoms with van der Waals surface area (Å²) in [5.74, 6) is -2.88. The van der Waals surface area contributed by atoms with Gasteiger partial charge in [0.2, 0.25) is 0 Å². The topological polar surface area (TPSA) is 52.3 Å². The lowest BCUT2D eigenvalue weighted by Crippen LogP contribution is -2.15. The molecule has 0 heterocycles. The van der Waals surface area contributed by atoms with Gasteiger partial charge in [-0.25, -0.2) is 13.6 Å². The van der Waals surface area contributed by atoms with E-state index < -0.39 is 23.2 Å². The molecule has 0 aliphatic carbocycles. The fourth-order valence-corrected chi connectivity index (χ4v) is 1.62. The summed E-state index contributed by atoms with van der Waals surface area (Å²) in [4.78, 5) is 11.6. The predicted octanol–water partition coefficient (Wildman–Crippen LogP) is 3.14. The van der Waals surface area contributed by atoms with Gasteiger partial charge >= 0.3 is 5.97 Å². The van der Waals surface area contributed by atoms with Crippen molar-refractivity contribution in [3.05, 3.63) is 29.3 Å². The minimum atomic E-state index is -1.07. The molecule has 0 bridgehead atoms. The Hall–Kier alpha value is -1.65. The number of ether oxygens (including phenoxy) is 1. The number of nitrogens with two attached hydrogens (primary N) is 1. The van der Waals surface area contributed by atoms with E-state index in [1.54, 1.807) is 0 Å². The van der Waals surface area contributed by atoms with E-state index in [4.69, 9.17) is 10.5 Å². The van der Waals surface area contributed by atoms with E-state index in [1.807, 2.05) is 13.8 Å². The molecule has 1 aromatic rings. The lowest BCUT2D eigenvalue weighted by Gasteiger charge is -2.12. The van der Waals surface area contributed by atoms with Crippen LogP contribution in [0.1, 0.15) is 37.0 Å². The highest BCUT2D eigenvalue weighted by Gasteiger charge is 2.21. The Morgan fingerprint density at radius 1 is 1.44 bits per heavy atom. The molecular weight excluding hydrogens is 240 g/mol. The zero-order chi connectivity index (χ0) is 13.7. The highest BCUT2D eigenvalue weighted by Crippen LogP contribution is 2.20. The summed E-state index contributed by atoms with van der Waals surface area (Å²) >= 11 is 0. The van der Waals surface area contributed by atoms with Gasteiger partial charge in [-0.1, -0.05) is 20.3 Å². The van der Waals surface area contributed by atoms with Crippen LogP contribution < -0.4 is 5.73 Å². The minimum Gasteiger partial charge on any atom is -0.462 e. The Balaban J connectivity index is 2.76. The van der Waals surface area contributed by atoms with Crippen LogP contribution >= 0.6 is 0 Å². The van der Waals surface area contributed by atoms with Gasteiger partial charge in [0.25, 0.3) is 0 Å². The van der Waals surface area contributed by atoms with Crippen LogP contribution in [0, 0.1) is 17.6 Å². The lowest BCUT2D eigenvalue weighted by molar-refractivity contribution is 0.0433. The third-order valence-corrected chi connectivity index (χ3v) is 2.61. The van der Waals surface area contributed by atoms with Gasteiger partial charge < -0.3 is 10.5 Å². The van der Waals surface area contributed by atoms with Crippen molar-refractivity contribution < 1.29 is 18.3 Å². The largest absolute Gasteiger partial charge is 0.462 e. The van der Waals surface area contributed by atoms with Crippen molar-refractivity contribution >= 4 is 11.7 Å². The van der Waals surface area contributed by atoms with Crippen LogP contribution in [-0.4, -0.2) is 12.6 Å². The maximum Gasteiger partial charge on any atom is 0.344 e. The number of halogens is 2. The Morgan fingerprint density at radius 2 is 2.11 bits per heavy atom. The normalized spacial score (nSPS) is 12.2. The summed E-state index contributed by atoms with van der Waals surface area (Å²) in [5, 5.41) is 0. The van der Waals surface area contributed by atoms with E-state index in [0.717, 1.165) is 25.0 Å². The first-order chi connectivity index (χ1) is 8.47. The van der Waals surface area contributed by atoms with Gasteiger partial charge in [0.05, 0.1) is 12.3 Å². The van der Waals surface area contributed by atoms with Crippen LogP contribution in [0.2, 0.25) is 0 Å². The smallest absolute Gasteiger partial charge is 0.344 e. The number of hydrogen-bond acceptors (Lipinski definition) is 3. The first-order valence-electron chi connectivity index (χ1n) is 5.88. The Morgan fingerprint density at radius 3 is 2.72 bits per heavy atom. The molecule has 0 radical (unpaired) electrons. The molecule has 100 valence electrons. The van der Waals surface area contributed by atoms with Crippen molar-refractivity contribution in [3.8, 4) is 0 Å². The Kier molecular flexibility index (Phi) is 5.07. The quantitative estimate of drug-likeness (QED) is 0.651. The minimum absolute atomic E-state index is 0.139. The van der Waals surface area contributed by atoms with E-state index in [1.165, 1.54) is 0 Å². The number of anilines is 1. The number of esters is 1. The monoisotopic (exact) mass is 257 g/mol. The number of rotatable bonds is 5. The van der Waals surface area contributed by atoms with Gasteiger partial charge in [0, 0.05) is 0 Å². The van der Waals surface area contributed by atoms with Crippen LogP contribution in [-0.2, 0) is 4.74 Å². The summed E-state index contributed by atoms with van der Waals surface area (Å²) < 4.78 is 31.8. The first kappa shape index (κ1) is 14.4. The molecule has 5 heteroatoms. The van der Waals surface area contributed by atoms with E-state index >= 15 is 0 Å². The molecule has 0 aromatic heterocycles. The van der Waals surface area contributed by atoms with E-state index in [0.29, 0.717) is 0 Å². The van der Waals surface area contributed by atoms with Crippen molar-refractivity contribution in [1.82, 2.24) is 0 Å². The van der Waals surface area contributed by atoms with E-state index in [-0.39, 0.29) is 18.2 Å². The zero-order valence-electron chi connectivity index (χ0n) is 10.5. The summed E-state index contributed by atoms with van der Waals surface area (Å²) in [6, 6.07) is 2.02. The Labute approximate surface area is 105 Å². The van der Waals surface area contributed by atoms with Crippen molar-refractivity contribution in [2.45, 2.75) is 26.7 Å². The lowest BCUT2D eigenvalue weighted by atomic mass is 10.1. The molecule has 3 nitrogen and oxygen atoms in total. The molecule has 0 amide bonds. The molecule has 0 aliphatic heterocycles. The first-order valence-corrected chi connectivity index (χ1v) is 5.88. The maximum absolute atomic E-state index is 13.5. The number of carbonyl (C=O) groups is 1. The van der Waals surface area contributed by atoms with Crippen molar-refractivity contribution in [2.75, 3.05) is 12.3 Å². The van der Waals surface area contributed by atoms with Gasteiger partial charge in [0.15, 0.2) is 5.82 Å². The molecule has 18 heavy (non-hydrogen) atoms. The van der Waals surface area contributed by atoms with Crippen molar-refractivity contribution in [1.29, 1.82) is 0 Å². The molecular formula is C13H17F2NO2. The standard InChI is InChI=1S/C13H17F2NO2/c1-3-4-8(2)7-18-13(17)11-9(14)5-6-10(16)12(11)15/h5-6,8H,3-4,7,16H2,1-2H3. The second-order valence-electron chi connectivity index (χ2n) is 4.32. The van der Waals surface area contributed by atoms with Gasteiger partial charge in [0.1, 0.15) is 11.4 Å². The molecule has 0 aliphatic rings. The van der Waals surface area contributed by atoms with Crippen LogP contribution in [0.4, 0.5) is 14.5 Å². The zero-order valence-corrected chi connectivity index (χ0v) is 10.5. The summed E-state index contributed by atoms with van der Waals surface area (Å²) in [5.41, 5.74) is 4.28. The molecule has 0 saturated carbocycles. The van der Waals surface area contributed by atoms with Gasteiger partial charge in [-0.3, -0.25) is 0 Å². The number of benzene rings is 1. The molecule has 0 saturated heterocycles. The molecule has 1 unspecified atom stereocenters. The molecule has 1 atom stereocenters. The third kappa shape index (κ3) is 3.42. The number of hydrogen-bond donors (Lipinski definition) is 1. The fraction of sp³-hybridized carbons (Fsp3) is 0.462. The average Bonchev–Trinajstić information content (AvgIpc) is 2.32. The molecule has 2 N–H and O–H groups in total. The average molecular weight is 257 g/mol. The summed E-state index contributed by atoms with van der Waals surface area (Å²) in [6.45, 7) is 4.05. The highest BCUT2D eigenvalue weighted by molar-refractivity contribution is 5.91. The molecule has 1 rings (SSSR count). The second-order valence-corrected chi connectivity index (χ2v) is 4.32. The van der Waals surface area contributed by atoms with Gasteiger partial charge in [-0.2, -0.15) is 0 Å². The Bertz CT molecular complexity index is 435. The van der Waals surface area contributed by atoms with Crippen molar-refractivity contribution in [2.24, 2.45) is 5.92 Å². The molecule has 0 spiro atoms. The predicted molar refractivity (Wildman–Crippen MR) is 65.1 cm³/mol. The van der Waals surface area contributed by atoms with Crippen LogP contribution in [0.3, 0.4) is 0 Å².